The van der Waals surface area contributed by atoms with Crippen molar-refractivity contribution in [2.45, 2.75) is 13.8 Å². The minimum absolute atomic E-state index is 0.203. The van der Waals surface area contributed by atoms with E-state index in [2.05, 4.69) is 10.0 Å². The molecule has 2 aromatic rings. The molecule has 0 bridgehead atoms. The van der Waals surface area contributed by atoms with Crippen LogP contribution in [0.25, 0.3) is 0 Å². The Hall–Kier alpha value is -2.35. The number of benzene rings is 1. The van der Waals surface area contributed by atoms with Crippen molar-refractivity contribution in [3.8, 4) is 5.75 Å². The van der Waals surface area contributed by atoms with Gasteiger partial charge in [0.2, 0.25) is 0 Å². The molecule has 1 atom stereocenters. The van der Waals surface area contributed by atoms with Crippen LogP contribution in [-0.2, 0) is 18.0 Å². The van der Waals surface area contributed by atoms with Crippen LogP contribution in [0.15, 0.2) is 29.1 Å². The predicted molar refractivity (Wildman–Crippen MR) is 95.0 cm³/mol. The lowest BCUT2D eigenvalue weighted by Gasteiger charge is -2.19. The quantitative estimate of drug-likeness (QED) is 0.837. The minimum Gasteiger partial charge on any atom is -0.494 e. The second-order valence-electron chi connectivity index (χ2n) is 5.18. The summed E-state index contributed by atoms with van der Waals surface area (Å²) in [6.07, 6.45) is 0. The summed E-state index contributed by atoms with van der Waals surface area (Å²) >= 11 is 0. The van der Waals surface area contributed by atoms with Crippen LogP contribution >= 0.6 is 0 Å². The van der Waals surface area contributed by atoms with E-state index in [4.69, 9.17) is 4.74 Å². The van der Waals surface area contributed by atoms with E-state index < -0.39 is 16.8 Å². The van der Waals surface area contributed by atoms with Crippen molar-refractivity contribution in [1.82, 2.24) is 4.57 Å². The third kappa shape index (κ3) is 3.76. The summed E-state index contributed by atoms with van der Waals surface area (Å²) in [6, 6.07) is 6.00. The number of aromatic nitrogens is 1. The van der Waals surface area contributed by atoms with Crippen molar-refractivity contribution in [1.29, 1.82) is 0 Å². The zero-order valence-corrected chi connectivity index (χ0v) is 14.8. The Morgan fingerprint density at radius 2 is 2.04 bits per heavy atom. The fourth-order valence-corrected chi connectivity index (χ4v) is 2.69. The van der Waals surface area contributed by atoms with Crippen molar-refractivity contribution in [2.75, 3.05) is 22.9 Å². The highest BCUT2D eigenvalue weighted by atomic mass is 32.2. The summed E-state index contributed by atoms with van der Waals surface area (Å²) in [7, 11) is 1.58. The molecular weight excluding hydrogens is 333 g/mol. The number of methoxy groups -OCH3 is 1. The molecule has 130 valence electrons. The maximum Gasteiger partial charge on any atom is 0.255 e. The third-order valence-electron chi connectivity index (χ3n) is 3.48. The summed E-state index contributed by atoms with van der Waals surface area (Å²) in [5.74, 6) is 0.413. The normalized spacial score (nSPS) is 11.9. The van der Waals surface area contributed by atoms with Crippen molar-refractivity contribution in [3.63, 3.8) is 0 Å². The van der Waals surface area contributed by atoms with Gasteiger partial charge < -0.3 is 10.1 Å². The van der Waals surface area contributed by atoms with Gasteiger partial charge in [-0.2, -0.15) is 0 Å². The van der Waals surface area contributed by atoms with E-state index in [0.29, 0.717) is 11.4 Å². The molecule has 0 spiro atoms. The number of aryl methyl sites for hydroxylation is 1. The Labute approximate surface area is 142 Å². The molecule has 2 rings (SSSR count). The Morgan fingerprint density at radius 1 is 1.33 bits per heavy atom. The molecule has 0 saturated carbocycles. The lowest BCUT2D eigenvalue weighted by Crippen LogP contribution is -2.22. The zero-order valence-electron chi connectivity index (χ0n) is 14.0. The molecule has 0 saturated heterocycles. The van der Waals surface area contributed by atoms with Crippen LogP contribution < -0.4 is 20.3 Å². The second kappa shape index (κ2) is 7.48. The van der Waals surface area contributed by atoms with E-state index in [-0.39, 0.29) is 22.8 Å². The molecule has 8 heteroatoms. The predicted octanol–water partition coefficient (Wildman–Crippen LogP) is 2.68. The highest BCUT2D eigenvalue weighted by Gasteiger charge is 2.17. The van der Waals surface area contributed by atoms with E-state index in [0.717, 1.165) is 5.56 Å². The summed E-state index contributed by atoms with van der Waals surface area (Å²) in [4.78, 5) is 12.1. The molecule has 2 N–H and O–H groups in total. The molecule has 1 aromatic carbocycles. The average molecular weight is 353 g/mol. The number of halogens is 1. The van der Waals surface area contributed by atoms with Crippen LogP contribution in [0.3, 0.4) is 0 Å². The van der Waals surface area contributed by atoms with Gasteiger partial charge in [-0.25, -0.2) is 8.60 Å². The minimum atomic E-state index is -1.36. The topological polar surface area (TPSA) is 72.4 Å². The summed E-state index contributed by atoms with van der Waals surface area (Å²) in [5, 5.41) is 2.89. The van der Waals surface area contributed by atoms with Gasteiger partial charge in [-0.15, -0.1) is 0 Å². The second-order valence-corrected chi connectivity index (χ2v) is 6.65. The smallest absolute Gasteiger partial charge is 0.255 e. The van der Waals surface area contributed by atoms with E-state index in [1.807, 2.05) is 0 Å². The highest BCUT2D eigenvalue weighted by Crippen LogP contribution is 2.33. The van der Waals surface area contributed by atoms with Crippen molar-refractivity contribution < 1.29 is 13.3 Å². The standard InChI is InChI=1S/C16H20FN3O3S/c1-5-24(22)19-15-13(23-4)9-14(21)20(3)16(15)18-12-7-6-10(2)8-11(12)17/h6-9,18-19H,5H2,1-4H3. The number of ether oxygens (including phenoxy) is 1. The molecule has 6 nitrogen and oxygen atoms in total. The summed E-state index contributed by atoms with van der Waals surface area (Å²) in [6.45, 7) is 3.54. The van der Waals surface area contributed by atoms with Gasteiger partial charge in [0.25, 0.3) is 5.56 Å². The average Bonchev–Trinajstić information content (AvgIpc) is 2.55. The van der Waals surface area contributed by atoms with Crippen molar-refractivity contribution in [3.05, 3.63) is 46.0 Å². The van der Waals surface area contributed by atoms with Gasteiger partial charge in [-0.1, -0.05) is 13.0 Å². The Bertz CT molecular complexity index is 836. The summed E-state index contributed by atoms with van der Waals surface area (Å²) < 4.78 is 35.4. The maximum atomic E-state index is 14.1. The number of hydrogen-bond donors (Lipinski definition) is 2. The first-order valence-corrected chi connectivity index (χ1v) is 8.65. The molecule has 0 radical (unpaired) electrons. The number of hydrogen-bond acceptors (Lipinski definition) is 4. The molecule has 1 aromatic heterocycles. The van der Waals surface area contributed by atoms with Gasteiger partial charge in [0, 0.05) is 18.9 Å². The van der Waals surface area contributed by atoms with Crippen LogP contribution in [-0.4, -0.2) is 21.6 Å². The van der Waals surface area contributed by atoms with Crippen LogP contribution in [0.1, 0.15) is 12.5 Å². The highest BCUT2D eigenvalue weighted by molar-refractivity contribution is 7.86. The van der Waals surface area contributed by atoms with Crippen LogP contribution in [0.2, 0.25) is 0 Å². The first-order valence-electron chi connectivity index (χ1n) is 7.33. The van der Waals surface area contributed by atoms with E-state index in [1.165, 1.54) is 30.9 Å². The van der Waals surface area contributed by atoms with Gasteiger partial charge in [-0.05, 0) is 24.6 Å². The van der Waals surface area contributed by atoms with E-state index >= 15 is 0 Å². The monoisotopic (exact) mass is 353 g/mol. The lowest BCUT2D eigenvalue weighted by molar-refractivity contribution is 0.415. The lowest BCUT2D eigenvalue weighted by atomic mass is 10.2. The molecule has 0 aliphatic carbocycles. The van der Waals surface area contributed by atoms with E-state index in [9.17, 15) is 13.4 Å². The van der Waals surface area contributed by atoms with Crippen molar-refractivity contribution >= 4 is 28.2 Å². The summed E-state index contributed by atoms with van der Waals surface area (Å²) in [5.41, 5.74) is 0.978. The third-order valence-corrected chi connectivity index (χ3v) is 4.44. The number of rotatable bonds is 6. The largest absolute Gasteiger partial charge is 0.494 e. The SMILES string of the molecule is CCS(=O)Nc1c(OC)cc(=O)n(C)c1Nc1ccc(C)cc1F. The van der Waals surface area contributed by atoms with Gasteiger partial charge in [0.1, 0.15) is 28.3 Å². The van der Waals surface area contributed by atoms with Crippen LogP contribution in [0.4, 0.5) is 21.6 Å². The fourth-order valence-electron chi connectivity index (χ4n) is 2.12. The first-order chi connectivity index (χ1) is 11.4. The molecule has 24 heavy (non-hydrogen) atoms. The Morgan fingerprint density at radius 3 is 2.62 bits per heavy atom. The number of pyridine rings is 1. The first kappa shape index (κ1) is 18.0. The maximum absolute atomic E-state index is 14.1. The van der Waals surface area contributed by atoms with Gasteiger partial charge in [0.15, 0.2) is 5.75 Å². The molecule has 1 heterocycles. The van der Waals surface area contributed by atoms with Crippen LogP contribution in [0.5, 0.6) is 5.75 Å². The molecule has 1 unspecified atom stereocenters. The van der Waals surface area contributed by atoms with Crippen LogP contribution in [0, 0.1) is 12.7 Å². The Balaban J connectivity index is 2.59. The fraction of sp³-hybridized carbons (Fsp3) is 0.312. The number of anilines is 3. The van der Waals surface area contributed by atoms with Gasteiger partial charge >= 0.3 is 0 Å². The Kier molecular flexibility index (Phi) is 5.61. The zero-order chi connectivity index (χ0) is 17.9. The number of nitrogens with one attached hydrogen (secondary N) is 2. The molecule has 0 fully saturated rings. The number of nitrogens with zero attached hydrogens (tertiary/aromatic N) is 1. The van der Waals surface area contributed by atoms with Crippen molar-refractivity contribution in [2.24, 2.45) is 7.05 Å². The van der Waals surface area contributed by atoms with E-state index in [1.54, 1.807) is 26.0 Å². The molecule has 0 amide bonds. The molecule has 0 aliphatic rings. The van der Waals surface area contributed by atoms with Gasteiger partial charge in [0.05, 0.1) is 12.8 Å². The molecule has 0 aliphatic heterocycles. The van der Waals surface area contributed by atoms with Gasteiger partial charge in [-0.3, -0.25) is 14.1 Å². The molecular formula is C16H20FN3O3S.